The van der Waals surface area contributed by atoms with Crippen LogP contribution in [-0.4, -0.2) is 54.9 Å². The van der Waals surface area contributed by atoms with E-state index in [1.807, 2.05) is 26.2 Å². The molecule has 0 aromatic heterocycles. The van der Waals surface area contributed by atoms with Gasteiger partial charge in [-0.1, -0.05) is 42.6 Å². The first kappa shape index (κ1) is 26.5. The molecule has 180 valence electrons. The minimum absolute atomic E-state index is 0.0734. The molecule has 4 atom stereocenters. The molecule has 0 aromatic rings. The largest absolute Gasteiger partial charge is 0.352 e. The van der Waals surface area contributed by atoms with Gasteiger partial charge in [0.2, 0.25) is 0 Å². The van der Waals surface area contributed by atoms with E-state index in [1.54, 1.807) is 19.1 Å². The number of allylic oxidation sites excluding steroid dienone is 4. The van der Waals surface area contributed by atoms with Crippen LogP contribution in [0.1, 0.15) is 32.6 Å². The van der Waals surface area contributed by atoms with Gasteiger partial charge < -0.3 is 27.0 Å². The van der Waals surface area contributed by atoms with Crippen LogP contribution < -0.4 is 22.1 Å². The normalized spacial score (nSPS) is 22.7. The van der Waals surface area contributed by atoms with E-state index >= 15 is 0 Å². The van der Waals surface area contributed by atoms with Gasteiger partial charge in [0, 0.05) is 36.2 Å². The smallest absolute Gasteiger partial charge is 0.312 e. The molecule has 1 aliphatic heterocycles. The zero-order chi connectivity index (χ0) is 25.1. The van der Waals surface area contributed by atoms with E-state index in [-0.39, 0.29) is 24.0 Å². The molecule has 2 rings (SSSR count). The number of primary amides is 2. The lowest BCUT2D eigenvalue weighted by Crippen LogP contribution is -2.43. The Kier molecular flexibility index (Phi) is 10.2. The summed E-state index contributed by atoms with van der Waals surface area (Å²) in [5, 5.41) is 5.41. The molecule has 0 spiro atoms. The molecule has 8 heteroatoms. The molecule has 2 aliphatic rings. The first-order chi connectivity index (χ1) is 16.2. The van der Waals surface area contributed by atoms with Gasteiger partial charge in [-0.15, -0.1) is 0 Å². The van der Waals surface area contributed by atoms with Crippen molar-refractivity contribution in [3.8, 4) is 23.7 Å². The predicted molar refractivity (Wildman–Crippen MR) is 137 cm³/mol. The number of urea groups is 2. The highest BCUT2D eigenvalue weighted by Crippen LogP contribution is 2.19. The Hall–Kier alpha value is -3.75. The Balaban J connectivity index is 2.21. The Morgan fingerprint density at radius 2 is 2.12 bits per heavy atom. The van der Waals surface area contributed by atoms with Gasteiger partial charge in [0.15, 0.2) is 0 Å². The van der Waals surface area contributed by atoms with Crippen LogP contribution in [-0.2, 0) is 0 Å². The average Bonchev–Trinajstić information content (AvgIpc) is 2.76. The lowest BCUT2D eigenvalue weighted by Gasteiger charge is -2.25. The van der Waals surface area contributed by atoms with Gasteiger partial charge in [-0.05, 0) is 51.9 Å². The summed E-state index contributed by atoms with van der Waals surface area (Å²) in [5.74, 6) is 12.6. The number of nitrogens with two attached hydrogens (primary N) is 2. The van der Waals surface area contributed by atoms with Crippen LogP contribution in [0.3, 0.4) is 0 Å². The fraction of sp³-hybridized carbons (Fsp3) is 0.423. The van der Waals surface area contributed by atoms with Crippen molar-refractivity contribution in [1.29, 1.82) is 0 Å². The third kappa shape index (κ3) is 8.65. The second-order valence-electron chi connectivity index (χ2n) is 8.45. The number of hydrogen-bond acceptors (Lipinski definition) is 4. The highest BCUT2D eigenvalue weighted by molar-refractivity contribution is 5.89. The molecule has 0 fully saturated rings. The SMILES string of the molecule is C=C/C=C(/C#CC1=CC(N(C)C)CC(CC#CC2C=CCCC2NC(N)=O)=N1)C(C)NC(N)=O. The average molecular weight is 463 g/mol. The fourth-order valence-corrected chi connectivity index (χ4v) is 3.69. The van der Waals surface area contributed by atoms with Crippen molar-refractivity contribution < 1.29 is 9.59 Å². The number of nitrogens with zero attached hydrogens (tertiary/aromatic N) is 2. The number of aliphatic imine (C=N–C) groups is 1. The fourth-order valence-electron chi connectivity index (χ4n) is 3.69. The molecule has 0 saturated heterocycles. The molecule has 0 saturated carbocycles. The van der Waals surface area contributed by atoms with Crippen LogP contribution in [0.4, 0.5) is 9.59 Å². The van der Waals surface area contributed by atoms with Crippen molar-refractivity contribution in [1.82, 2.24) is 15.5 Å². The quantitative estimate of drug-likeness (QED) is 0.275. The summed E-state index contributed by atoms with van der Waals surface area (Å²) in [6.45, 7) is 5.51. The summed E-state index contributed by atoms with van der Waals surface area (Å²) < 4.78 is 0. The maximum absolute atomic E-state index is 11.3. The van der Waals surface area contributed by atoms with Crippen molar-refractivity contribution in [3.63, 3.8) is 0 Å². The molecule has 6 N–H and O–H groups in total. The first-order valence-corrected chi connectivity index (χ1v) is 11.3. The summed E-state index contributed by atoms with van der Waals surface area (Å²) in [6, 6.07) is -1.43. The van der Waals surface area contributed by atoms with Gasteiger partial charge in [-0.3, -0.25) is 0 Å². The number of nitrogens with one attached hydrogen (secondary N) is 2. The minimum Gasteiger partial charge on any atom is -0.352 e. The monoisotopic (exact) mass is 462 g/mol. The summed E-state index contributed by atoms with van der Waals surface area (Å²) in [5.41, 5.74) is 12.8. The molecule has 4 unspecified atom stereocenters. The summed E-state index contributed by atoms with van der Waals surface area (Å²) in [6.07, 6.45) is 12.5. The number of rotatable bonds is 6. The predicted octanol–water partition coefficient (Wildman–Crippen LogP) is 2.21. The van der Waals surface area contributed by atoms with Crippen molar-refractivity contribution in [2.45, 2.75) is 50.7 Å². The zero-order valence-corrected chi connectivity index (χ0v) is 20.1. The van der Waals surface area contributed by atoms with E-state index in [1.165, 1.54) is 0 Å². The van der Waals surface area contributed by atoms with Crippen molar-refractivity contribution in [2.24, 2.45) is 22.4 Å². The number of likely N-dealkylation sites (N-methyl/N-ethyl adjacent to an activating group) is 1. The Labute approximate surface area is 202 Å². The molecule has 4 amide bonds. The van der Waals surface area contributed by atoms with Gasteiger partial charge in [0.25, 0.3) is 0 Å². The number of carbonyl (C=O) groups excluding carboxylic acids is 2. The van der Waals surface area contributed by atoms with Crippen LogP contribution >= 0.6 is 0 Å². The minimum atomic E-state index is -0.617. The van der Waals surface area contributed by atoms with Gasteiger partial charge in [0.1, 0.15) is 5.70 Å². The second kappa shape index (κ2) is 13.1. The number of amides is 4. The van der Waals surface area contributed by atoms with E-state index in [9.17, 15) is 9.59 Å². The van der Waals surface area contributed by atoms with E-state index in [2.05, 4.69) is 51.9 Å². The van der Waals surface area contributed by atoms with Gasteiger partial charge in [-0.25, -0.2) is 14.6 Å². The van der Waals surface area contributed by atoms with Gasteiger partial charge in [0.05, 0.1) is 12.0 Å². The molecule has 0 aromatic carbocycles. The Bertz CT molecular complexity index is 1030. The van der Waals surface area contributed by atoms with Crippen LogP contribution in [0.25, 0.3) is 0 Å². The van der Waals surface area contributed by atoms with Crippen molar-refractivity contribution in [2.75, 3.05) is 14.1 Å². The van der Waals surface area contributed by atoms with Gasteiger partial charge >= 0.3 is 12.1 Å². The van der Waals surface area contributed by atoms with E-state index in [0.717, 1.165) is 25.0 Å². The molecule has 1 heterocycles. The lowest BCUT2D eigenvalue weighted by molar-refractivity contribution is 0.242. The van der Waals surface area contributed by atoms with Crippen LogP contribution in [0.2, 0.25) is 0 Å². The summed E-state index contributed by atoms with van der Waals surface area (Å²) in [7, 11) is 4.02. The third-order valence-corrected chi connectivity index (χ3v) is 5.50. The molecule has 0 radical (unpaired) electrons. The van der Waals surface area contributed by atoms with Crippen LogP contribution in [0.5, 0.6) is 0 Å². The standard InChI is InChI=1S/C26H34N6O2/c1-5-9-19(18(2)29-25(27)33)14-15-22-17-23(32(3)4)16-21(30-22)12-8-11-20-10-6-7-13-24(20)31-26(28)34/h5-6,9-10,17-18,20,23-24H,1,7,12-13,16H2,2-4H3,(H3,27,29,33)(H3,28,31,34)/b19-9-. The summed E-state index contributed by atoms with van der Waals surface area (Å²) in [4.78, 5) is 29.3. The molecule has 1 aliphatic carbocycles. The highest BCUT2D eigenvalue weighted by Gasteiger charge is 2.21. The second-order valence-corrected chi connectivity index (χ2v) is 8.45. The summed E-state index contributed by atoms with van der Waals surface area (Å²) >= 11 is 0. The Morgan fingerprint density at radius 3 is 2.76 bits per heavy atom. The highest BCUT2D eigenvalue weighted by atomic mass is 16.2. The third-order valence-electron chi connectivity index (χ3n) is 5.50. The lowest BCUT2D eigenvalue weighted by atomic mass is 9.90. The molecular weight excluding hydrogens is 428 g/mol. The Morgan fingerprint density at radius 1 is 1.35 bits per heavy atom. The van der Waals surface area contributed by atoms with E-state index in [4.69, 9.17) is 16.5 Å². The van der Waals surface area contributed by atoms with Crippen molar-refractivity contribution in [3.05, 3.63) is 48.2 Å². The maximum atomic E-state index is 11.3. The van der Waals surface area contributed by atoms with E-state index in [0.29, 0.717) is 17.7 Å². The van der Waals surface area contributed by atoms with Crippen molar-refractivity contribution >= 4 is 17.8 Å². The number of hydrogen-bond donors (Lipinski definition) is 4. The van der Waals surface area contributed by atoms with Crippen LogP contribution in [0, 0.1) is 29.6 Å². The zero-order valence-electron chi connectivity index (χ0n) is 20.1. The first-order valence-electron chi connectivity index (χ1n) is 11.3. The molecular formula is C26H34N6O2. The van der Waals surface area contributed by atoms with E-state index < -0.39 is 12.1 Å². The number of carbonyl (C=O) groups is 2. The topological polar surface area (TPSA) is 126 Å². The van der Waals surface area contributed by atoms with Gasteiger partial charge in [-0.2, -0.15) is 0 Å². The maximum Gasteiger partial charge on any atom is 0.312 e. The molecule has 34 heavy (non-hydrogen) atoms. The molecule has 8 nitrogen and oxygen atoms in total. The molecule has 0 bridgehead atoms. The van der Waals surface area contributed by atoms with Crippen LogP contribution in [0.15, 0.2) is 53.2 Å².